The molecule has 0 aliphatic heterocycles. The van der Waals surface area contributed by atoms with Crippen LogP contribution in [0, 0.1) is 0 Å². The van der Waals surface area contributed by atoms with Crippen LogP contribution in [0.25, 0.3) is 0 Å². The second-order valence-electron chi connectivity index (χ2n) is 6.62. The predicted octanol–water partition coefficient (Wildman–Crippen LogP) is 3.64. The SMILES string of the molecule is CC(C)(C)OC(=O)N(Cc1ccccc1)C(C(=O)O)c1cccnc1. The maximum absolute atomic E-state index is 12.7. The van der Waals surface area contributed by atoms with Crippen LogP contribution < -0.4 is 0 Å². The normalized spacial score (nSPS) is 12.3. The molecule has 25 heavy (non-hydrogen) atoms. The van der Waals surface area contributed by atoms with E-state index in [2.05, 4.69) is 4.98 Å². The third-order valence-electron chi connectivity index (χ3n) is 3.37. The Balaban J connectivity index is 2.40. The zero-order chi connectivity index (χ0) is 18.4. The molecular formula is C19H22N2O4. The molecule has 2 rings (SSSR count). The molecule has 1 aromatic carbocycles. The van der Waals surface area contributed by atoms with Crippen LogP contribution in [0.2, 0.25) is 0 Å². The Labute approximate surface area is 147 Å². The van der Waals surface area contributed by atoms with E-state index in [1.165, 1.54) is 11.1 Å². The molecule has 0 fully saturated rings. The summed E-state index contributed by atoms with van der Waals surface area (Å²) < 4.78 is 5.43. The Bertz CT molecular complexity index is 711. The number of carboxylic acid groups (broad SMARTS) is 1. The third-order valence-corrected chi connectivity index (χ3v) is 3.37. The standard InChI is InChI=1S/C19H22N2O4/c1-19(2,3)25-18(24)21(13-14-8-5-4-6-9-14)16(17(22)23)15-10-7-11-20-12-15/h4-12,16H,13H2,1-3H3,(H,22,23). The first-order valence-corrected chi connectivity index (χ1v) is 7.94. The van der Waals surface area contributed by atoms with Crippen molar-refractivity contribution in [3.8, 4) is 0 Å². The average molecular weight is 342 g/mol. The zero-order valence-corrected chi connectivity index (χ0v) is 14.5. The minimum Gasteiger partial charge on any atom is -0.479 e. The summed E-state index contributed by atoms with van der Waals surface area (Å²) in [5, 5.41) is 9.75. The lowest BCUT2D eigenvalue weighted by atomic mass is 10.1. The molecule has 6 nitrogen and oxygen atoms in total. The van der Waals surface area contributed by atoms with Gasteiger partial charge < -0.3 is 9.84 Å². The number of benzene rings is 1. The van der Waals surface area contributed by atoms with Crippen LogP contribution in [0.3, 0.4) is 0 Å². The van der Waals surface area contributed by atoms with Gasteiger partial charge in [-0.3, -0.25) is 9.88 Å². The number of nitrogens with zero attached hydrogens (tertiary/aromatic N) is 2. The summed E-state index contributed by atoms with van der Waals surface area (Å²) in [6.45, 7) is 5.34. The molecule has 1 N–H and O–H groups in total. The topological polar surface area (TPSA) is 79.7 Å². The molecule has 132 valence electrons. The average Bonchev–Trinajstić information content (AvgIpc) is 2.54. The van der Waals surface area contributed by atoms with E-state index in [1.54, 1.807) is 39.1 Å². The van der Waals surface area contributed by atoms with E-state index in [0.717, 1.165) is 5.56 Å². The number of aromatic nitrogens is 1. The number of hydrogen-bond acceptors (Lipinski definition) is 4. The summed E-state index contributed by atoms with van der Waals surface area (Å²) in [5.74, 6) is -1.14. The Kier molecular flexibility index (Phi) is 5.75. The lowest BCUT2D eigenvalue weighted by Crippen LogP contribution is -2.41. The Morgan fingerprint density at radius 3 is 2.36 bits per heavy atom. The van der Waals surface area contributed by atoms with Gasteiger partial charge in [0.25, 0.3) is 0 Å². The van der Waals surface area contributed by atoms with E-state index in [9.17, 15) is 14.7 Å². The van der Waals surface area contributed by atoms with Gasteiger partial charge in [-0.1, -0.05) is 36.4 Å². The van der Waals surface area contributed by atoms with Crippen molar-refractivity contribution in [3.05, 3.63) is 66.0 Å². The summed E-state index contributed by atoms with van der Waals surface area (Å²) in [4.78, 5) is 29.8. The van der Waals surface area contributed by atoms with Gasteiger partial charge in [0.15, 0.2) is 6.04 Å². The van der Waals surface area contributed by atoms with Crippen molar-refractivity contribution in [1.29, 1.82) is 0 Å². The van der Waals surface area contributed by atoms with Crippen LogP contribution in [-0.2, 0) is 16.1 Å². The van der Waals surface area contributed by atoms with Gasteiger partial charge in [-0.05, 0) is 32.4 Å². The first-order valence-electron chi connectivity index (χ1n) is 7.94. The van der Waals surface area contributed by atoms with Gasteiger partial charge in [0.1, 0.15) is 5.60 Å². The highest BCUT2D eigenvalue weighted by molar-refractivity contribution is 5.81. The first kappa shape index (κ1) is 18.4. The molecule has 2 aromatic rings. The van der Waals surface area contributed by atoms with Gasteiger partial charge in [-0.2, -0.15) is 0 Å². The maximum Gasteiger partial charge on any atom is 0.411 e. The molecule has 0 saturated heterocycles. The Morgan fingerprint density at radius 2 is 1.84 bits per heavy atom. The summed E-state index contributed by atoms with van der Waals surface area (Å²) in [7, 11) is 0. The fourth-order valence-electron chi connectivity index (χ4n) is 2.36. The molecule has 0 saturated carbocycles. The monoisotopic (exact) mass is 342 g/mol. The number of carboxylic acids is 1. The summed E-state index contributed by atoms with van der Waals surface area (Å²) in [6.07, 6.45) is 2.31. The molecular weight excluding hydrogens is 320 g/mol. The zero-order valence-electron chi connectivity index (χ0n) is 14.5. The molecule has 0 bridgehead atoms. The van der Waals surface area contributed by atoms with Crippen molar-refractivity contribution < 1.29 is 19.4 Å². The lowest BCUT2D eigenvalue weighted by molar-refractivity contribution is -0.143. The Morgan fingerprint density at radius 1 is 1.16 bits per heavy atom. The fraction of sp³-hybridized carbons (Fsp3) is 0.316. The highest BCUT2D eigenvalue weighted by atomic mass is 16.6. The molecule has 1 atom stereocenters. The van der Waals surface area contributed by atoms with Crippen molar-refractivity contribution >= 4 is 12.1 Å². The van der Waals surface area contributed by atoms with Gasteiger partial charge in [0, 0.05) is 18.0 Å². The van der Waals surface area contributed by atoms with Gasteiger partial charge in [-0.25, -0.2) is 9.59 Å². The quantitative estimate of drug-likeness (QED) is 0.897. The lowest BCUT2D eigenvalue weighted by Gasteiger charge is -2.31. The van der Waals surface area contributed by atoms with Crippen LogP contribution >= 0.6 is 0 Å². The molecule has 0 aliphatic rings. The van der Waals surface area contributed by atoms with Gasteiger partial charge in [0.2, 0.25) is 0 Å². The number of pyridine rings is 1. The Hall–Kier alpha value is -2.89. The first-order chi connectivity index (χ1) is 11.8. The van der Waals surface area contributed by atoms with Crippen LogP contribution in [0.1, 0.15) is 37.9 Å². The van der Waals surface area contributed by atoms with Gasteiger partial charge >= 0.3 is 12.1 Å². The molecule has 0 radical (unpaired) electrons. The van der Waals surface area contributed by atoms with Crippen molar-refractivity contribution in [2.45, 2.75) is 39.0 Å². The molecule has 1 heterocycles. The number of hydrogen-bond donors (Lipinski definition) is 1. The number of aliphatic carboxylic acids is 1. The number of rotatable bonds is 5. The summed E-state index contributed by atoms with van der Waals surface area (Å²) >= 11 is 0. The smallest absolute Gasteiger partial charge is 0.411 e. The predicted molar refractivity (Wildman–Crippen MR) is 92.8 cm³/mol. The minimum atomic E-state index is -1.19. The van der Waals surface area contributed by atoms with E-state index in [-0.39, 0.29) is 6.54 Å². The van der Waals surface area contributed by atoms with E-state index >= 15 is 0 Å². The highest BCUT2D eigenvalue weighted by Gasteiger charge is 2.34. The van der Waals surface area contributed by atoms with Crippen LogP contribution in [-0.4, -0.2) is 32.7 Å². The van der Waals surface area contributed by atoms with E-state index in [1.807, 2.05) is 30.3 Å². The van der Waals surface area contributed by atoms with Crippen molar-refractivity contribution in [2.24, 2.45) is 0 Å². The number of carbonyl (C=O) groups is 2. The number of carbonyl (C=O) groups excluding carboxylic acids is 1. The van der Waals surface area contributed by atoms with E-state index in [4.69, 9.17) is 4.74 Å². The summed E-state index contributed by atoms with van der Waals surface area (Å²) in [5.41, 5.74) is 0.490. The van der Waals surface area contributed by atoms with Crippen molar-refractivity contribution in [1.82, 2.24) is 9.88 Å². The van der Waals surface area contributed by atoms with Crippen LogP contribution in [0.5, 0.6) is 0 Å². The molecule has 0 spiro atoms. The second-order valence-corrected chi connectivity index (χ2v) is 6.62. The van der Waals surface area contributed by atoms with Crippen molar-refractivity contribution in [3.63, 3.8) is 0 Å². The molecule has 1 unspecified atom stereocenters. The van der Waals surface area contributed by atoms with E-state index < -0.39 is 23.7 Å². The maximum atomic E-state index is 12.7. The molecule has 0 aliphatic carbocycles. The molecule has 1 aromatic heterocycles. The van der Waals surface area contributed by atoms with Crippen LogP contribution in [0.4, 0.5) is 4.79 Å². The second kappa shape index (κ2) is 7.79. The largest absolute Gasteiger partial charge is 0.479 e. The highest BCUT2D eigenvalue weighted by Crippen LogP contribution is 2.25. The fourth-order valence-corrected chi connectivity index (χ4v) is 2.36. The third kappa shape index (κ3) is 5.31. The number of amides is 1. The van der Waals surface area contributed by atoms with Crippen LogP contribution in [0.15, 0.2) is 54.9 Å². The van der Waals surface area contributed by atoms with Crippen molar-refractivity contribution in [2.75, 3.05) is 0 Å². The number of ether oxygens (including phenoxy) is 1. The summed E-state index contributed by atoms with van der Waals surface area (Å²) in [6, 6.07) is 11.3. The van der Waals surface area contributed by atoms with E-state index in [0.29, 0.717) is 5.56 Å². The minimum absolute atomic E-state index is 0.113. The molecule has 6 heteroatoms. The molecule has 1 amide bonds. The van der Waals surface area contributed by atoms with Gasteiger partial charge in [-0.15, -0.1) is 0 Å². The van der Waals surface area contributed by atoms with Gasteiger partial charge in [0.05, 0.1) is 6.54 Å².